The van der Waals surface area contributed by atoms with Gasteiger partial charge in [-0.15, -0.1) is 0 Å². The fourth-order valence-corrected chi connectivity index (χ4v) is 1.80. The minimum absolute atomic E-state index is 0.0228. The number of amides is 1. The molecule has 1 aromatic carbocycles. The second-order valence-corrected chi connectivity index (χ2v) is 5.13. The molecule has 4 nitrogen and oxygen atoms in total. The SMILES string of the molecule is CCc1ccc(OCC(=O)NCC(N)(CC)CC)cc1. The monoisotopic (exact) mass is 278 g/mol. The smallest absolute Gasteiger partial charge is 0.258 e. The van der Waals surface area contributed by atoms with E-state index in [4.69, 9.17) is 10.5 Å². The normalized spacial score (nSPS) is 11.2. The van der Waals surface area contributed by atoms with Crippen LogP contribution in [0.5, 0.6) is 5.75 Å². The van der Waals surface area contributed by atoms with E-state index in [0.29, 0.717) is 12.3 Å². The van der Waals surface area contributed by atoms with Crippen LogP contribution in [-0.2, 0) is 11.2 Å². The van der Waals surface area contributed by atoms with Crippen molar-refractivity contribution in [2.75, 3.05) is 13.2 Å². The molecule has 0 saturated heterocycles. The van der Waals surface area contributed by atoms with Crippen LogP contribution in [0.2, 0.25) is 0 Å². The van der Waals surface area contributed by atoms with Crippen LogP contribution in [0.1, 0.15) is 39.2 Å². The van der Waals surface area contributed by atoms with Gasteiger partial charge in [0.1, 0.15) is 5.75 Å². The molecular formula is C16H26N2O2. The van der Waals surface area contributed by atoms with Crippen molar-refractivity contribution in [3.05, 3.63) is 29.8 Å². The van der Waals surface area contributed by atoms with E-state index in [1.54, 1.807) is 0 Å². The summed E-state index contributed by atoms with van der Waals surface area (Å²) in [6.07, 6.45) is 2.67. The van der Waals surface area contributed by atoms with Crippen molar-refractivity contribution in [3.8, 4) is 5.75 Å². The van der Waals surface area contributed by atoms with Crippen LogP contribution < -0.4 is 15.8 Å². The third-order valence-electron chi connectivity index (χ3n) is 3.75. The van der Waals surface area contributed by atoms with E-state index in [1.165, 1.54) is 5.56 Å². The second-order valence-electron chi connectivity index (χ2n) is 5.13. The van der Waals surface area contributed by atoms with Crippen molar-refractivity contribution in [1.29, 1.82) is 0 Å². The number of hydrogen-bond acceptors (Lipinski definition) is 3. The number of rotatable bonds is 8. The van der Waals surface area contributed by atoms with E-state index in [0.717, 1.165) is 19.3 Å². The van der Waals surface area contributed by atoms with Gasteiger partial charge in [0.25, 0.3) is 5.91 Å². The third-order valence-corrected chi connectivity index (χ3v) is 3.75. The summed E-state index contributed by atoms with van der Waals surface area (Å²) in [5, 5.41) is 2.83. The van der Waals surface area contributed by atoms with Crippen molar-refractivity contribution in [3.63, 3.8) is 0 Å². The van der Waals surface area contributed by atoms with Crippen molar-refractivity contribution in [2.24, 2.45) is 5.73 Å². The molecule has 0 bridgehead atoms. The molecule has 0 unspecified atom stereocenters. The number of carbonyl (C=O) groups excluding carboxylic acids is 1. The lowest BCUT2D eigenvalue weighted by atomic mass is 9.94. The molecule has 0 fully saturated rings. The summed E-state index contributed by atoms with van der Waals surface area (Å²) in [5.41, 5.74) is 7.06. The fourth-order valence-electron chi connectivity index (χ4n) is 1.80. The number of aryl methyl sites for hydroxylation is 1. The Bertz CT molecular complexity index is 411. The second kappa shape index (κ2) is 7.90. The quantitative estimate of drug-likeness (QED) is 0.766. The minimum Gasteiger partial charge on any atom is -0.484 e. The summed E-state index contributed by atoms with van der Waals surface area (Å²) in [7, 11) is 0. The molecule has 0 atom stereocenters. The molecule has 1 amide bonds. The molecule has 1 rings (SSSR count). The number of benzene rings is 1. The summed E-state index contributed by atoms with van der Waals surface area (Å²) >= 11 is 0. The highest BCUT2D eigenvalue weighted by molar-refractivity contribution is 5.77. The van der Waals surface area contributed by atoms with E-state index >= 15 is 0 Å². The predicted molar refractivity (Wildman–Crippen MR) is 81.8 cm³/mol. The van der Waals surface area contributed by atoms with Gasteiger partial charge in [0.05, 0.1) is 0 Å². The Kier molecular flexibility index (Phi) is 6.52. The van der Waals surface area contributed by atoms with Gasteiger partial charge in [0.2, 0.25) is 0 Å². The molecule has 20 heavy (non-hydrogen) atoms. The molecule has 3 N–H and O–H groups in total. The molecule has 1 aromatic rings. The van der Waals surface area contributed by atoms with Gasteiger partial charge in [-0.2, -0.15) is 0 Å². The molecule has 0 saturated carbocycles. The van der Waals surface area contributed by atoms with Crippen molar-refractivity contribution in [2.45, 2.75) is 45.6 Å². The first-order chi connectivity index (χ1) is 9.53. The van der Waals surface area contributed by atoms with Crippen LogP contribution >= 0.6 is 0 Å². The summed E-state index contributed by atoms with van der Waals surface area (Å²) in [5.74, 6) is 0.573. The van der Waals surface area contributed by atoms with Crippen LogP contribution in [0.3, 0.4) is 0 Å². The molecule has 0 aromatic heterocycles. The molecule has 0 aliphatic rings. The Balaban J connectivity index is 2.35. The number of nitrogens with two attached hydrogens (primary N) is 1. The number of nitrogens with one attached hydrogen (secondary N) is 1. The van der Waals surface area contributed by atoms with Gasteiger partial charge in [0.15, 0.2) is 6.61 Å². The first-order valence-corrected chi connectivity index (χ1v) is 7.30. The minimum atomic E-state index is -0.321. The summed E-state index contributed by atoms with van der Waals surface area (Å²) in [6, 6.07) is 7.79. The summed E-state index contributed by atoms with van der Waals surface area (Å²) < 4.78 is 5.45. The van der Waals surface area contributed by atoms with Gasteiger partial charge in [-0.25, -0.2) is 0 Å². The lowest BCUT2D eigenvalue weighted by molar-refractivity contribution is -0.123. The van der Waals surface area contributed by atoms with Crippen LogP contribution in [0.25, 0.3) is 0 Å². The molecule has 0 aliphatic carbocycles. The predicted octanol–water partition coefficient (Wildman–Crippen LogP) is 2.26. The fraction of sp³-hybridized carbons (Fsp3) is 0.562. The van der Waals surface area contributed by atoms with Gasteiger partial charge < -0.3 is 15.8 Å². The van der Waals surface area contributed by atoms with Gasteiger partial charge in [0, 0.05) is 12.1 Å². The van der Waals surface area contributed by atoms with Crippen LogP contribution in [0.15, 0.2) is 24.3 Å². The zero-order valence-electron chi connectivity index (χ0n) is 12.7. The van der Waals surface area contributed by atoms with Crippen molar-refractivity contribution in [1.82, 2.24) is 5.32 Å². The highest BCUT2D eigenvalue weighted by atomic mass is 16.5. The number of carbonyl (C=O) groups is 1. The van der Waals surface area contributed by atoms with Crippen LogP contribution in [0.4, 0.5) is 0 Å². The molecule has 112 valence electrons. The maximum atomic E-state index is 11.7. The Labute approximate surface area is 121 Å². The van der Waals surface area contributed by atoms with E-state index in [9.17, 15) is 4.79 Å². The topological polar surface area (TPSA) is 64.3 Å². The van der Waals surface area contributed by atoms with Crippen molar-refractivity contribution < 1.29 is 9.53 Å². The lowest BCUT2D eigenvalue weighted by Gasteiger charge is -2.26. The Morgan fingerprint density at radius 3 is 2.30 bits per heavy atom. The Morgan fingerprint density at radius 1 is 1.20 bits per heavy atom. The average molecular weight is 278 g/mol. The maximum Gasteiger partial charge on any atom is 0.258 e. The summed E-state index contributed by atoms with van der Waals surface area (Å²) in [6.45, 7) is 6.67. The molecular weight excluding hydrogens is 252 g/mol. The number of hydrogen-bond donors (Lipinski definition) is 2. The van der Waals surface area contributed by atoms with Crippen LogP contribution in [0, 0.1) is 0 Å². The summed E-state index contributed by atoms with van der Waals surface area (Å²) in [4.78, 5) is 11.7. The zero-order chi connectivity index (χ0) is 15.0. The average Bonchev–Trinajstić information content (AvgIpc) is 2.51. The van der Waals surface area contributed by atoms with E-state index in [1.807, 2.05) is 38.1 Å². The maximum absolute atomic E-state index is 11.7. The zero-order valence-corrected chi connectivity index (χ0v) is 12.7. The van der Waals surface area contributed by atoms with Crippen molar-refractivity contribution >= 4 is 5.91 Å². The molecule has 0 spiro atoms. The highest BCUT2D eigenvalue weighted by Gasteiger charge is 2.20. The molecule has 0 aliphatic heterocycles. The largest absolute Gasteiger partial charge is 0.484 e. The molecule has 0 heterocycles. The molecule has 0 radical (unpaired) electrons. The van der Waals surface area contributed by atoms with Gasteiger partial charge >= 0.3 is 0 Å². The van der Waals surface area contributed by atoms with E-state index in [-0.39, 0.29) is 18.1 Å². The first kappa shape index (κ1) is 16.5. The van der Waals surface area contributed by atoms with E-state index < -0.39 is 0 Å². The Morgan fingerprint density at radius 2 is 1.80 bits per heavy atom. The number of ether oxygens (including phenoxy) is 1. The van der Waals surface area contributed by atoms with Gasteiger partial charge in [-0.3, -0.25) is 4.79 Å². The van der Waals surface area contributed by atoms with Crippen LogP contribution in [-0.4, -0.2) is 24.6 Å². The van der Waals surface area contributed by atoms with Gasteiger partial charge in [-0.1, -0.05) is 32.9 Å². The first-order valence-electron chi connectivity index (χ1n) is 7.30. The Hall–Kier alpha value is -1.55. The molecule has 4 heteroatoms. The van der Waals surface area contributed by atoms with Gasteiger partial charge in [-0.05, 0) is 37.0 Å². The third kappa shape index (κ3) is 5.21. The lowest BCUT2D eigenvalue weighted by Crippen LogP contribution is -2.50. The standard InChI is InChI=1S/C16H26N2O2/c1-4-13-7-9-14(10-8-13)20-11-15(19)18-12-16(17,5-2)6-3/h7-10H,4-6,11-12,17H2,1-3H3,(H,18,19). The van der Waals surface area contributed by atoms with E-state index in [2.05, 4.69) is 12.2 Å². The highest BCUT2D eigenvalue weighted by Crippen LogP contribution is 2.12.